The third-order valence-corrected chi connectivity index (χ3v) is 6.04. The number of nitrogens with zero attached hydrogens (tertiary/aromatic N) is 6. The molecule has 0 amide bonds. The van der Waals surface area contributed by atoms with Crippen molar-refractivity contribution in [1.29, 1.82) is 0 Å². The van der Waals surface area contributed by atoms with E-state index in [4.69, 9.17) is 33.0 Å². The molecule has 4 aromatic heterocycles. The fraction of sp³-hybridized carbons (Fsp3) is 0.0370. The van der Waals surface area contributed by atoms with Gasteiger partial charge in [0.25, 0.3) is 0 Å². The van der Waals surface area contributed by atoms with E-state index in [9.17, 15) is 18.4 Å². The number of esters is 1. The minimum atomic E-state index is -1.16. The predicted molar refractivity (Wildman–Crippen MR) is 145 cm³/mol. The van der Waals surface area contributed by atoms with Crippen LogP contribution >= 0.6 is 23.2 Å². The van der Waals surface area contributed by atoms with E-state index in [1.54, 1.807) is 30.5 Å². The van der Waals surface area contributed by atoms with Gasteiger partial charge in [0.1, 0.15) is 22.8 Å². The van der Waals surface area contributed by atoms with Gasteiger partial charge in [0.15, 0.2) is 21.6 Å². The van der Waals surface area contributed by atoms with Crippen molar-refractivity contribution in [3.05, 3.63) is 106 Å². The molecule has 0 unspecified atom stereocenters. The third kappa shape index (κ3) is 5.83. The fourth-order valence-electron chi connectivity index (χ4n) is 3.88. The highest BCUT2D eigenvalue weighted by molar-refractivity contribution is 6.30. The van der Waals surface area contributed by atoms with Crippen molar-refractivity contribution in [2.45, 2.75) is 0 Å². The van der Waals surface area contributed by atoms with Crippen LogP contribution in [0.25, 0.3) is 33.8 Å². The van der Waals surface area contributed by atoms with Crippen LogP contribution in [0.3, 0.4) is 0 Å². The smallest absolute Gasteiger partial charge is 0.341 e. The Morgan fingerprint density at radius 2 is 1.24 bits per heavy atom. The van der Waals surface area contributed by atoms with Crippen molar-refractivity contribution in [3.8, 4) is 22.5 Å². The van der Waals surface area contributed by atoms with E-state index in [0.29, 0.717) is 28.2 Å². The van der Waals surface area contributed by atoms with Crippen molar-refractivity contribution in [3.63, 3.8) is 0 Å². The van der Waals surface area contributed by atoms with Crippen molar-refractivity contribution < 1.29 is 28.2 Å². The maximum Gasteiger partial charge on any atom is 0.341 e. The summed E-state index contributed by atoms with van der Waals surface area (Å²) in [5, 5.41) is 17.3. The molecule has 0 aliphatic carbocycles. The lowest BCUT2D eigenvalue weighted by Crippen LogP contribution is -2.06. The van der Waals surface area contributed by atoms with Gasteiger partial charge in [0.2, 0.25) is 0 Å². The molecule has 14 heteroatoms. The number of hydrogen-bond donors (Lipinski definition) is 1. The van der Waals surface area contributed by atoms with E-state index < -0.39 is 17.8 Å². The molecule has 0 radical (unpaired) electrons. The van der Waals surface area contributed by atoms with Crippen LogP contribution in [0.4, 0.5) is 8.78 Å². The van der Waals surface area contributed by atoms with Gasteiger partial charge < -0.3 is 9.84 Å². The first-order chi connectivity index (χ1) is 19.6. The van der Waals surface area contributed by atoms with Crippen LogP contribution in [0.2, 0.25) is 10.3 Å². The number of carbonyl (C=O) groups excluding carboxylic acids is 1. The second kappa shape index (κ2) is 11.3. The third-order valence-electron chi connectivity index (χ3n) is 5.67. The molecule has 2 aromatic carbocycles. The van der Waals surface area contributed by atoms with Gasteiger partial charge in [0, 0.05) is 11.1 Å². The lowest BCUT2D eigenvalue weighted by Gasteiger charge is -2.01. The normalized spacial score (nSPS) is 10.9. The summed E-state index contributed by atoms with van der Waals surface area (Å²) in [5.74, 6) is -2.50. The number of aromatic nitrogens is 6. The maximum atomic E-state index is 13.3. The number of rotatable bonds is 4. The molecule has 0 spiro atoms. The monoisotopic (exact) mass is 596 g/mol. The van der Waals surface area contributed by atoms with Gasteiger partial charge in [-0.05, 0) is 36.4 Å². The standard InChI is InChI=1S/C14H9ClFN3O2.C13H7ClFN3O2/c1-21-14(20)10-6-12(15)18-19-7-11(17-13(10)19)8-3-2-4-9(16)5-8;14-11-5-9(13(19)20)12-16-10(6-18(12)17-11)7-2-1-3-8(15)4-7/h2-7H,1H3;1-6H,(H,19,20). The number of methoxy groups -OCH3 is 1. The van der Waals surface area contributed by atoms with E-state index in [2.05, 4.69) is 20.2 Å². The summed E-state index contributed by atoms with van der Waals surface area (Å²) in [6.07, 6.45) is 3.07. The second-order valence-electron chi connectivity index (χ2n) is 8.37. The Morgan fingerprint density at radius 3 is 1.68 bits per heavy atom. The first-order valence-corrected chi connectivity index (χ1v) is 12.3. The number of carboxylic acid groups (broad SMARTS) is 1. The number of imidazole rings is 2. The summed E-state index contributed by atoms with van der Waals surface area (Å²) in [6, 6.07) is 14.4. The number of ether oxygens (including phenoxy) is 1. The van der Waals surface area contributed by atoms with Crippen LogP contribution in [0, 0.1) is 11.6 Å². The first-order valence-electron chi connectivity index (χ1n) is 11.6. The van der Waals surface area contributed by atoms with Gasteiger partial charge in [-0.15, -0.1) is 0 Å². The molecule has 6 rings (SSSR count). The Morgan fingerprint density at radius 1 is 0.780 bits per heavy atom. The molecule has 4 heterocycles. The molecule has 0 aliphatic rings. The highest BCUT2D eigenvalue weighted by atomic mass is 35.5. The van der Waals surface area contributed by atoms with Gasteiger partial charge in [-0.25, -0.2) is 37.4 Å². The van der Waals surface area contributed by atoms with E-state index >= 15 is 0 Å². The second-order valence-corrected chi connectivity index (χ2v) is 9.14. The molecule has 0 atom stereocenters. The van der Waals surface area contributed by atoms with Crippen molar-refractivity contribution in [2.24, 2.45) is 0 Å². The lowest BCUT2D eigenvalue weighted by molar-refractivity contribution is 0.0601. The maximum absolute atomic E-state index is 13.3. The average molecular weight is 597 g/mol. The van der Waals surface area contributed by atoms with E-state index in [1.807, 2.05) is 0 Å². The summed E-state index contributed by atoms with van der Waals surface area (Å²) in [7, 11) is 1.27. The first kappa shape index (κ1) is 27.6. The molecule has 0 aliphatic heterocycles. The van der Waals surface area contributed by atoms with Crippen molar-refractivity contribution >= 4 is 46.4 Å². The predicted octanol–water partition coefficient (Wildman–Crippen LogP) is 5.86. The van der Waals surface area contributed by atoms with Crippen LogP contribution in [0.5, 0.6) is 0 Å². The zero-order chi connectivity index (χ0) is 29.3. The van der Waals surface area contributed by atoms with Crippen LogP contribution in [-0.4, -0.2) is 53.4 Å². The zero-order valence-corrected chi connectivity index (χ0v) is 22.3. The average Bonchev–Trinajstić information content (AvgIpc) is 3.56. The van der Waals surface area contributed by atoms with E-state index in [-0.39, 0.29) is 32.9 Å². The Bertz CT molecular complexity index is 1960. The Labute approximate surface area is 239 Å². The lowest BCUT2D eigenvalue weighted by atomic mass is 10.2. The van der Waals surface area contributed by atoms with Crippen LogP contribution < -0.4 is 0 Å². The molecule has 41 heavy (non-hydrogen) atoms. The van der Waals surface area contributed by atoms with E-state index in [0.717, 1.165) is 0 Å². The molecule has 0 fully saturated rings. The highest BCUT2D eigenvalue weighted by Crippen LogP contribution is 2.24. The van der Waals surface area contributed by atoms with Crippen LogP contribution in [0.15, 0.2) is 73.1 Å². The topological polar surface area (TPSA) is 124 Å². The van der Waals surface area contributed by atoms with Gasteiger partial charge in [-0.2, -0.15) is 10.2 Å². The molecule has 0 saturated carbocycles. The zero-order valence-electron chi connectivity index (χ0n) is 20.8. The molecule has 10 nitrogen and oxygen atoms in total. The summed E-state index contributed by atoms with van der Waals surface area (Å²) in [6.45, 7) is 0. The summed E-state index contributed by atoms with van der Waals surface area (Å²) in [4.78, 5) is 31.4. The van der Waals surface area contributed by atoms with E-state index in [1.165, 1.54) is 58.7 Å². The summed E-state index contributed by atoms with van der Waals surface area (Å²) >= 11 is 11.6. The number of benzene rings is 2. The molecule has 0 bridgehead atoms. The Hall–Kier alpha value is -4.94. The number of carboxylic acids is 1. The minimum absolute atomic E-state index is 0.0399. The number of aromatic carboxylic acids is 1. The summed E-state index contributed by atoms with van der Waals surface area (Å²) < 4.78 is 33.8. The van der Waals surface area contributed by atoms with Crippen molar-refractivity contribution in [2.75, 3.05) is 7.11 Å². The molecule has 1 N–H and O–H groups in total. The number of fused-ring (bicyclic) bond motifs is 2. The van der Waals surface area contributed by atoms with Gasteiger partial charge in [-0.3, -0.25) is 0 Å². The number of halogens is 4. The van der Waals surface area contributed by atoms with Crippen molar-refractivity contribution in [1.82, 2.24) is 29.2 Å². The minimum Gasteiger partial charge on any atom is -0.478 e. The summed E-state index contributed by atoms with van der Waals surface area (Å²) in [5.41, 5.74) is 2.59. The number of hydrogen-bond acceptors (Lipinski definition) is 7. The SMILES string of the molecule is COC(=O)c1cc(Cl)nn2cc(-c3cccc(F)c3)nc12.O=C(O)c1cc(Cl)nn2cc(-c3cccc(F)c3)nc12. The van der Waals surface area contributed by atoms with Crippen LogP contribution in [-0.2, 0) is 4.74 Å². The van der Waals surface area contributed by atoms with Gasteiger partial charge in [-0.1, -0.05) is 47.5 Å². The molecule has 206 valence electrons. The fourth-order valence-corrected chi connectivity index (χ4v) is 4.27. The number of carbonyl (C=O) groups is 2. The van der Waals surface area contributed by atoms with Gasteiger partial charge >= 0.3 is 11.9 Å². The Kier molecular flexibility index (Phi) is 7.60. The molecule has 0 saturated heterocycles. The van der Waals surface area contributed by atoms with Gasteiger partial charge in [0.05, 0.1) is 30.9 Å². The Balaban J connectivity index is 0.000000165. The molecular weight excluding hydrogens is 581 g/mol. The largest absolute Gasteiger partial charge is 0.478 e. The molecule has 6 aromatic rings. The highest BCUT2D eigenvalue weighted by Gasteiger charge is 2.18. The van der Waals surface area contributed by atoms with Crippen LogP contribution in [0.1, 0.15) is 20.7 Å². The quantitative estimate of drug-likeness (QED) is 0.251. The molecular formula is C27H16Cl2F2N6O4.